The SMILES string of the molecule is CCc1cc(=O)c2ccc(OCc3cccc(C#N)c3)c(COC(=O)C34CCC(C)(C(=O)O3)C4(C)C)c2o1. The predicted octanol–water partition coefficient (Wildman–Crippen LogP) is 4.97. The van der Waals surface area contributed by atoms with Gasteiger partial charge >= 0.3 is 11.9 Å². The molecule has 0 amide bonds. The molecule has 2 aromatic carbocycles. The van der Waals surface area contributed by atoms with Crippen molar-refractivity contribution in [2.45, 2.75) is 65.8 Å². The standard InChI is InChI=1S/C30H29NO7/c1-5-20-14-23(32)21-9-10-24(35-16-19-8-6-7-18(13-19)15-31)22(25(21)37-20)17-36-27(34)30-12-11-29(4,26(33)38-30)28(30,2)3/h6-10,13-14H,5,11-12,16-17H2,1-4H3. The highest BCUT2D eigenvalue weighted by atomic mass is 16.6. The first kappa shape index (κ1) is 25.5. The lowest BCUT2D eigenvalue weighted by Crippen LogP contribution is -2.48. The summed E-state index contributed by atoms with van der Waals surface area (Å²) in [4.78, 5) is 38.9. The lowest BCUT2D eigenvalue weighted by atomic mass is 9.66. The summed E-state index contributed by atoms with van der Waals surface area (Å²) < 4.78 is 23.6. The van der Waals surface area contributed by atoms with Crippen LogP contribution in [0.15, 0.2) is 51.7 Å². The molecule has 0 radical (unpaired) electrons. The number of nitriles is 1. The number of nitrogens with zero attached hydrogens (tertiary/aromatic N) is 1. The van der Waals surface area contributed by atoms with Crippen molar-refractivity contribution in [3.8, 4) is 11.8 Å². The van der Waals surface area contributed by atoms with Gasteiger partial charge in [-0.05, 0) is 49.6 Å². The van der Waals surface area contributed by atoms with Crippen molar-refractivity contribution in [1.82, 2.24) is 0 Å². The highest BCUT2D eigenvalue weighted by molar-refractivity contribution is 5.93. The van der Waals surface area contributed by atoms with Gasteiger partial charge in [0.05, 0.1) is 28.0 Å². The summed E-state index contributed by atoms with van der Waals surface area (Å²) in [6.07, 6.45) is 1.42. The molecule has 0 N–H and O–H groups in total. The van der Waals surface area contributed by atoms with E-state index in [4.69, 9.17) is 18.6 Å². The Morgan fingerprint density at radius 2 is 1.87 bits per heavy atom. The molecular formula is C30H29NO7. The third-order valence-electron chi connectivity index (χ3n) is 8.57. The van der Waals surface area contributed by atoms with Crippen LogP contribution in [-0.4, -0.2) is 17.5 Å². The largest absolute Gasteiger partial charge is 0.488 e. The first-order valence-corrected chi connectivity index (χ1v) is 12.7. The van der Waals surface area contributed by atoms with E-state index in [0.717, 1.165) is 5.56 Å². The van der Waals surface area contributed by atoms with E-state index in [-0.39, 0.29) is 24.2 Å². The molecule has 1 aliphatic carbocycles. The Labute approximate surface area is 220 Å². The number of hydrogen-bond acceptors (Lipinski definition) is 8. The fourth-order valence-electron chi connectivity index (χ4n) is 5.60. The Morgan fingerprint density at radius 3 is 2.53 bits per heavy atom. The number of hydrogen-bond donors (Lipinski definition) is 0. The molecule has 2 heterocycles. The smallest absolute Gasteiger partial charge is 0.351 e. The van der Waals surface area contributed by atoms with Crippen LogP contribution < -0.4 is 10.2 Å². The van der Waals surface area contributed by atoms with E-state index in [1.54, 1.807) is 30.3 Å². The van der Waals surface area contributed by atoms with Crippen LogP contribution in [0.25, 0.3) is 11.0 Å². The molecule has 1 aromatic heterocycles. The molecule has 1 aliphatic heterocycles. The van der Waals surface area contributed by atoms with Crippen LogP contribution in [0.5, 0.6) is 5.75 Å². The number of benzene rings is 2. The van der Waals surface area contributed by atoms with Crippen LogP contribution in [0.1, 0.15) is 63.0 Å². The lowest BCUT2D eigenvalue weighted by molar-refractivity contribution is -0.184. The highest BCUT2D eigenvalue weighted by Gasteiger charge is 2.76. The van der Waals surface area contributed by atoms with Crippen LogP contribution >= 0.6 is 0 Å². The van der Waals surface area contributed by atoms with E-state index < -0.39 is 28.4 Å². The van der Waals surface area contributed by atoms with E-state index >= 15 is 0 Å². The predicted molar refractivity (Wildman–Crippen MR) is 137 cm³/mol. The quantitative estimate of drug-likeness (QED) is 0.405. The maximum atomic E-state index is 13.5. The maximum absolute atomic E-state index is 13.5. The molecular weight excluding hydrogens is 486 g/mol. The number of aryl methyl sites for hydroxylation is 1. The monoisotopic (exact) mass is 515 g/mol. The van der Waals surface area contributed by atoms with Gasteiger partial charge in [-0.2, -0.15) is 5.26 Å². The van der Waals surface area contributed by atoms with Crippen molar-refractivity contribution < 1.29 is 28.2 Å². The van der Waals surface area contributed by atoms with Gasteiger partial charge in [-0.15, -0.1) is 0 Å². The van der Waals surface area contributed by atoms with E-state index in [2.05, 4.69) is 6.07 Å². The van der Waals surface area contributed by atoms with Crippen LogP contribution in [-0.2, 0) is 38.7 Å². The number of rotatable bonds is 7. The second-order valence-electron chi connectivity index (χ2n) is 10.7. The van der Waals surface area contributed by atoms with Crippen LogP contribution in [0.3, 0.4) is 0 Å². The first-order chi connectivity index (χ1) is 18.1. The van der Waals surface area contributed by atoms with Gasteiger partial charge in [-0.25, -0.2) is 4.79 Å². The van der Waals surface area contributed by atoms with E-state index in [1.165, 1.54) is 6.07 Å². The van der Waals surface area contributed by atoms with Crippen LogP contribution in [0.4, 0.5) is 0 Å². The summed E-state index contributed by atoms with van der Waals surface area (Å²) in [5.74, 6) is -0.153. The zero-order chi connectivity index (χ0) is 27.3. The van der Waals surface area contributed by atoms with Gasteiger partial charge in [0.25, 0.3) is 0 Å². The van der Waals surface area contributed by atoms with Gasteiger partial charge < -0.3 is 18.6 Å². The van der Waals surface area contributed by atoms with Crippen LogP contribution in [0.2, 0.25) is 0 Å². The average Bonchev–Trinajstić information content (AvgIpc) is 3.21. The van der Waals surface area contributed by atoms with Gasteiger partial charge in [-0.3, -0.25) is 9.59 Å². The zero-order valence-corrected chi connectivity index (χ0v) is 21.9. The molecule has 2 bridgehead atoms. The molecule has 1 saturated heterocycles. The lowest BCUT2D eigenvalue weighted by Gasteiger charge is -2.34. The molecule has 3 aromatic rings. The van der Waals surface area contributed by atoms with Crippen molar-refractivity contribution in [3.63, 3.8) is 0 Å². The topological polar surface area (TPSA) is 116 Å². The van der Waals surface area contributed by atoms with Crippen molar-refractivity contribution in [2.75, 3.05) is 0 Å². The van der Waals surface area contributed by atoms with Gasteiger partial charge in [0.1, 0.15) is 30.3 Å². The Balaban J connectivity index is 1.50. The second-order valence-corrected chi connectivity index (χ2v) is 10.7. The number of ether oxygens (including phenoxy) is 3. The third kappa shape index (κ3) is 3.68. The molecule has 196 valence electrons. The van der Waals surface area contributed by atoms with Crippen molar-refractivity contribution >= 4 is 22.9 Å². The summed E-state index contributed by atoms with van der Waals surface area (Å²) >= 11 is 0. The highest BCUT2D eigenvalue weighted by Crippen LogP contribution is 2.65. The van der Waals surface area contributed by atoms with E-state index in [9.17, 15) is 19.6 Å². The number of esters is 2. The van der Waals surface area contributed by atoms with Crippen molar-refractivity contribution in [1.29, 1.82) is 5.26 Å². The minimum atomic E-state index is -1.38. The fourth-order valence-corrected chi connectivity index (χ4v) is 5.60. The minimum absolute atomic E-state index is 0.145. The molecule has 8 heteroatoms. The summed E-state index contributed by atoms with van der Waals surface area (Å²) in [5.41, 5.74) is -1.13. The minimum Gasteiger partial charge on any atom is -0.488 e. The van der Waals surface area contributed by atoms with Crippen molar-refractivity contribution in [2.24, 2.45) is 10.8 Å². The fraction of sp³-hybridized carbons (Fsp3) is 0.400. The molecule has 1 saturated carbocycles. The molecule has 2 fully saturated rings. The van der Waals surface area contributed by atoms with Crippen LogP contribution in [0, 0.1) is 22.2 Å². The van der Waals surface area contributed by atoms with E-state index in [1.807, 2.05) is 33.8 Å². The van der Waals surface area contributed by atoms with E-state index in [0.29, 0.717) is 47.3 Å². The Bertz CT molecular complexity index is 1560. The molecule has 38 heavy (non-hydrogen) atoms. The molecule has 2 unspecified atom stereocenters. The summed E-state index contributed by atoms with van der Waals surface area (Å²) in [5, 5.41) is 9.54. The summed E-state index contributed by atoms with van der Waals surface area (Å²) in [7, 11) is 0. The molecule has 2 atom stereocenters. The average molecular weight is 516 g/mol. The normalized spacial score (nSPS) is 23.2. The molecule has 5 rings (SSSR count). The van der Waals surface area contributed by atoms with Crippen molar-refractivity contribution in [3.05, 3.63) is 75.1 Å². The molecule has 0 spiro atoms. The number of carbonyl (C=O) groups excluding carboxylic acids is 2. The second kappa shape index (κ2) is 9.02. The Hall–Kier alpha value is -4.12. The van der Waals surface area contributed by atoms with Gasteiger partial charge in [0.2, 0.25) is 5.60 Å². The summed E-state index contributed by atoms with van der Waals surface area (Å²) in [6.45, 7) is 7.33. The van der Waals surface area contributed by atoms with Gasteiger partial charge in [0, 0.05) is 17.9 Å². The Morgan fingerprint density at radius 1 is 1.08 bits per heavy atom. The summed E-state index contributed by atoms with van der Waals surface area (Å²) in [6, 6.07) is 13.9. The first-order valence-electron chi connectivity index (χ1n) is 12.7. The number of fused-ring (bicyclic) bond motifs is 3. The number of carbonyl (C=O) groups is 2. The molecule has 8 nitrogen and oxygen atoms in total. The third-order valence-corrected chi connectivity index (χ3v) is 8.57. The zero-order valence-electron chi connectivity index (χ0n) is 21.9. The van der Waals surface area contributed by atoms with Gasteiger partial charge in [0.15, 0.2) is 5.43 Å². The Kier molecular flexibility index (Phi) is 6.06. The molecule has 2 aliphatic rings. The maximum Gasteiger partial charge on any atom is 0.351 e. The van der Waals surface area contributed by atoms with Gasteiger partial charge in [-0.1, -0.05) is 32.9 Å².